The van der Waals surface area contributed by atoms with Gasteiger partial charge in [0.1, 0.15) is 5.82 Å². The first-order chi connectivity index (χ1) is 11.7. The summed E-state index contributed by atoms with van der Waals surface area (Å²) in [5.41, 5.74) is 2.59. The molecule has 2 aromatic heterocycles. The highest BCUT2D eigenvalue weighted by Gasteiger charge is 2.27. The average Bonchev–Trinajstić information content (AvgIpc) is 3.25. The first-order valence-electron chi connectivity index (χ1n) is 8.02. The van der Waals surface area contributed by atoms with Gasteiger partial charge in [0.25, 0.3) is 0 Å². The molecule has 0 N–H and O–H groups in total. The first kappa shape index (κ1) is 14.8. The Balaban J connectivity index is 1.56. The molecule has 0 spiro atoms. The summed E-state index contributed by atoms with van der Waals surface area (Å²) in [6.45, 7) is 1.56. The SMILES string of the molecule is Cn1cc(-c2ccnc(N3CC[C@H](c4ccccc4F)C3)n2)cn1. The van der Waals surface area contributed by atoms with E-state index in [9.17, 15) is 4.39 Å². The van der Waals surface area contributed by atoms with Crippen molar-refractivity contribution in [3.05, 3.63) is 60.3 Å². The normalized spacial score (nSPS) is 17.4. The molecule has 0 radical (unpaired) electrons. The molecule has 0 unspecified atom stereocenters. The molecule has 24 heavy (non-hydrogen) atoms. The minimum Gasteiger partial charge on any atom is -0.340 e. The second-order valence-electron chi connectivity index (χ2n) is 6.10. The summed E-state index contributed by atoms with van der Waals surface area (Å²) < 4.78 is 15.8. The maximum Gasteiger partial charge on any atom is 0.225 e. The number of aromatic nitrogens is 4. The van der Waals surface area contributed by atoms with Crippen molar-refractivity contribution >= 4 is 5.95 Å². The van der Waals surface area contributed by atoms with Crippen LogP contribution in [0.1, 0.15) is 17.9 Å². The van der Waals surface area contributed by atoms with Crippen LogP contribution in [0.15, 0.2) is 48.9 Å². The van der Waals surface area contributed by atoms with E-state index in [-0.39, 0.29) is 11.7 Å². The predicted molar refractivity (Wildman–Crippen MR) is 90.2 cm³/mol. The van der Waals surface area contributed by atoms with E-state index in [4.69, 9.17) is 0 Å². The van der Waals surface area contributed by atoms with E-state index in [2.05, 4.69) is 20.0 Å². The average molecular weight is 323 g/mol. The van der Waals surface area contributed by atoms with Gasteiger partial charge in [-0.1, -0.05) is 18.2 Å². The lowest BCUT2D eigenvalue weighted by Crippen LogP contribution is -2.22. The summed E-state index contributed by atoms with van der Waals surface area (Å²) >= 11 is 0. The zero-order chi connectivity index (χ0) is 16.5. The largest absolute Gasteiger partial charge is 0.340 e. The van der Waals surface area contributed by atoms with Crippen molar-refractivity contribution in [1.29, 1.82) is 0 Å². The van der Waals surface area contributed by atoms with Crippen molar-refractivity contribution < 1.29 is 4.39 Å². The Morgan fingerprint density at radius 2 is 2.08 bits per heavy atom. The number of aryl methyl sites for hydroxylation is 1. The molecule has 0 saturated carbocycles. The fraction of sp³-hybridized carbons (Fsp3) is 0.278. The Labute approximate surface area is 139 Å². The number of anilines is 1. The fourth-order valence-electron chi connectivity index (χ4n) is 3.22. The molecule has 1 aromatic carbocycles. The summed E-state index contributed by atoms with van der Waals surface area (Å²) in [7, 11) is 1.88. The van der Waals surface area contributed by atoms with Crippen LogP contribution in [0.25, 0.3) is 11.3 Å². The summed E-state index contributed by atoms with van der Waals surface area (Å²) in [6, 6.07) is 8.89. The molecule has 0 aliphatic carbocycles. The highest BCUT2D eigenvalue weighted by molar-refractivity contribution is 5.58. The molecular weight excluding hydrogens is 305 g/mol. The zero-order valence-corrected chi connectivity index (χ0v) is 13.4. The third kappa shape index (κ3) is 2.75. The van der Waals surface area contributed by atoms with Gasteiger partial charge in [-0.05, 0) is 24.1 Å². The van der Waals surface area contributed by atoms with Gasteiger partial charge in [-0.25, -0.2) is 14.4 Å². The van der Waals surface area contributed by atoms with Crippen LogP contribution >= 0.6 is 0 Å². The van der Waals surface area contributed by atoms with E-state index in [1.807, 2.05) is 31.4 Å². The summed E-state index contributed by atoms with van der Waals surface area (Å²) in [6.07, 6.45) is 6.39. The van der Waals surface area contributed by atoms with E-state index in [1.54, 1.807) is 23.1 Å². The van der Waals surface area contributed by atoms with Crippen LogP contribution in [0.4, 0.5) is 10.3 Å². The quantitative estimate of drug-likeness (QED) is 0.743. The van der Waals surface area contributed by atoms with Crippen LogP contribution in [0, 0.1) is 5.82 Å². The van der Waals surface area contributed by atoms with Crippen molar-refractivity contribution in [2.75, 3.05) is 18.0 Å². The van der Waals surface area contributed by atoms with Crippen molar-refractivity contribution in [3.8, 4) is 11.3 Å². The second kappa shape index (κ2) is 6.03. The Bertz CT molecular complexity index is 860. The van der Waals surface area contributed by atoms with Crippen LogP contribution in [-0.2, 0) is 7.05 Å². The highest BCUT2D eigenvalue weighted by atomic mass is 19.1. The Kier molecular flexibility index (Phi) is 3.72. The molecule has 1 aliphatic rings. The van der Waals surface area contributed by atoms with Crippen LogP contribution < -0.4 is 4.90 Å². The number of rotatable bonds is 3. The molecule has 1 aliphatic heterocycles. The van der Waals surface area contributed by atoms with E-state index in [1.165, 1.54) is 6.07 Å². The third-order valence-electron chi connectivity index (χ3n) is 4.46. The Hall–Kier alpha value is -2.76. The third-order valence-corrected chi connectivity index (χ3v) is 4.46. The smallest absolute Gasteiger partial charge is 0.225 e. The molecule has 1 atom stereocenters. The topological polar surface area (TPSA) is 46.8 Å². The number of nitrogens with zero attached hydrogens (tertiary/aromatic N) is 5. The number of halogens is 1. The molecule has 4 rings (SSSR count). The predicted octanol–water partition coefficient (Wildman–Crippen LogP) is 3.01. The maximum absolute atomic E-state index is 14.0. The highest BCUT2D eigenvalue weighted by Crippen LogP contribution is 2.31. The minimum absolute atomic E-state index is 0.130. The van der Waals surface area contributed by atoms with Crippen molar-refractivity contribution in [2.45, 2.75) is 12.3 Å². The number of benzene rings is 1. The molecule has 6 heteroatoms. The molecule has 3 aromatic rings. The lowest BCUT2D eigenvalue weighted by atomic mass is 9.98. The summed E-state index contributed by atoms with van der Waals surface area (Å²) in [5.74, 6) is 0.737. The lowest BCUT2D eigenvalue weighted by molar-refractivity contribution is 0.589. The van der Waals surface area contributed by atoms with Gasteiger partial charge < -0.3 is 4.90 Å². The molecule has 3 heterocycles. The molecule has 122 valence electrons. The summed E-state index contributed by atoms with van der Waals surface area (Å²) in [5, 5.41) is 4.18. The van der Waals surface area contributed by atoms with Crippen LogP contribution in [0.5, 0.6) is 0 Å². The molecule has 1 fully saturated rings. The van der Waals surface area contributed by atoms with E-state index in [0.29, 0.717) is 5.95 Å². The molecule has 5 nitrogen and oxygen atoms in total. The monoisotopic (exact) mass is 323 g/mol. The van der Waals surface area contributed by atoms with Crippen molar-refractivity contribution in [3.63, 3.8) is 0 Å². The zero-order valence-electron chi connectivity index (χ0n) is 13.4. The molecule has 1 saturated heterocycles. The van der Waals surface area contributed by atoms with Crippen molar-refractivity contribution in [1.82, 2.24) is 19.7 Å². The Morgan fingerprint density at radius 3 is 2.88 bits per heavy atom. The van der Waals surface area contributed by atoms with E-state index < -0.39 is 0 Å². The van der Waals surface area contributed by atoms with Crippen LogP contribution in [0.3, 0.4) is 0 Å². The maximum atomic E-state index is 14.0. The van der Waals surface area contributed by atoms with Gasteiger partial charge in [-0.3, -0.25) is 4.68 Å². The van der Waals surface area contributed by atoms with Gasteiger partial charge in [0.2, 0.25) is 5.95 Å². The van der Waals surface area contributed by atoms with Gasteiger partial charge in [0, 0.05) is 44.0 Å². The molecular formula is C18H18FN5. The summed E-state index contributed by atoms with van der Waals surface area (Å²) in [4.78, 5) is 11.2. The van der Waals surface area contributed by atoms with Crippen LogP contribution in [-0.4, -0.2) is 32.8 Å². The second-order valence-corrected chi connectivity index (χ2v) is 6.10. The van der Waals surface area contributed by atoms with Gasteiger partial charge in [-0.15, -0.1) is 0 Å². The van der Waals surface area contributed by atoms with Gasteiger partial charge in [0.05, 0.1) is 11.9 Å². The van der Waals surface area contributed by atoms with E-state index >= 15 is 0 Å². The Morgan fingerprint density at radius 1 is 1.21 bits per heavy atom. The molecule has 0 amide bonds. The molecule has 0 bridgehead atoms. The van der Waals surface area contributed by atoms with Crippen molar-refractivity contribution in [2.24, 2.45) is 7.05 Å². The number of hydrogen-bond donors (Lipinski definition) is 0. The fourth-order valence-corrected chi connectivity index (χ4v) is 3.22. The van der Waals surface area contributed by atoms with Gasteiger partial charge >= 0.3 is 0 Å². The first-order valence-corrected chi connectivity index (χ1v) is 8.02. The minimum atomic E-state index is -0.130. The van der Waals surface area contributed by atoms with Gasteiger partial charge in [-0.2, -0.15) is 5.10 Å². The van der Waals surface area contributed by atoms with E-state index in [0.717, 1.165) is 36.3 Å². The van der Waals surface area contributed by atoms with Crippen LogP contribution in [0.2, 0.25) is 0 Å². The number of hydrogen-bond acceptors (Lipinski definition) is 4. The standard InChI is InChI=1S/C18H18FN5/c1-23-11-14(10-21-23)17-6-8-20-18(22-17)24-9-7-13(12-24)15-4-2-3-5-16(15)19/h2-6,8,10-11,13H,7,9,12H2,1H3/t13-/m0/s1. The van der Waals surface area contributed by atoms with Gasteiger partial charge in [0.15, 0.2) is 0 Å². The lowest BCUT2D eigenvalue weighted by Gasteiger charge is -2.17.